The van der Waals surface area contributed by atoms with E-state index in [-0.39, 0.29) is 0 Å². The van der Waals surface area contributed by atoms with E-state index in [9.17, 15) is 0 Å². The Balaban J connectivity index is 2.23. The number of piperidine rings is 1. The smallest absolute Gasteiger partial charge is 0.0991 e. The summed E-state index contributed by atoms with van der Waals surface area (Å²) in [5.41, 5.74) is 3.27. The molecule has 84 valence electrons. The van der Waals surface area contributed by atoms with Crippen LogP contribution in [0.25, 0.3) is 0 Å². The molecule has 0 spiro atoms. The highest BCUT2D eigenvalue weighted by atomic mass is 15.1. The molecule has 2 rings (SSSR count). The fourth-order valence-corrected chi connectivity index (χ4v) is 2.49. The third-order valence-corrected chi connectivity index (χ3v) is 3.32. The molecule has 0 unspecified atom stereocenters. The Hall–Kier alpha value is -1.49. The maximum Gasteiger partial charge on any atom is 0.0991 e. The van der Waals surface area contributed by atoms with Crippen molar-refractivity contribution in [3.8, 4) is 6.07 Å². The van der Waals surface area contributed by atoms with Crippen LogP contribution < -0.4 is 4.90 Å². The molecule has 0 bridgehead atoms. The lowest BCUT2D eigenvalue weighted by Gasteiger charge is -2.33. The molecular weight excluding hydrogens is 196 g/mol. The minimum Gasteiger partial charge on any atom is -0.371 e. The molecule has 1 aromatic rings. The van der Waals surface area contributed by atoms with Gasteiger partial charge in [0.15, 0.2) is 0 Å². The van der Waals surface area contributed by atoms with Gasteiger partial charge in [-0.25, -0.2) is 0 Å². The standard InChI is InChI=1S/C14H18N2/c1-11-4-3-7-16(10-11)14-6-5-13(9-15)8-12(14)2/h5-6,8,11H,3-4,7,10H2,1-2H3/t11-/m0/s1. The van der Waals surface area contributed by atoms with Crippen LogP contribution in [-0.4, -0.2) is 13.1 Å². The molecule has 1 saturated heterocycles. The Labute approximate surface area is 97.5 Å². The van der Waals surface area contributed by atoms with Gasteiger partial charge in [-0.3, -0.25) is 0 Å². The van der Waals surface area contributed by atoms with Crippen LogP contribution in [-0.2, 0) is 0 Å². The first-order valence-corrected chi connectivity index (χ1v) is 5.96. The van der Waals surface area contributed by atoms with Gasteiger partial charge >= 0.3 is 0 Å². The topological polar surface area (TPSA) is 27.0 Å². The number of anilines is 1. The van der Waals surface area contributed by atoms with Gasteiger partial charge in [0.2, 0.25) is 0 Å². The fraction of sp³-hybridized carbons (Fsp3) is 0.500. The summed E-state index contributed by atoms with van der Waals surface area (Å²) in [6.45, 7) is 6.70. The summed E-state index contributed by atoms with van der Waals surface area (Å²) in [4.78, 5) is 2.45. The van der Waals surface area contributed by atoms with E-state index in [1.165, 1.54) is 24.1 Å². The van der Waals surface area contributed by atoms with Crippen molar-refractivity contribution < 1.29 is 0 Å². The van der Waals surface area contributed by atoms with Crippen LogP contribution in [0.3, 0.4) is 0 Å². The number of rotatable bonds is 1. The average molecular weight is 214 g/mol. The lowest BCUT2D eigenvalue weighted by atomic mass is 9.98. The minimum absolute atomic E-state index is 0.756. The van der Waals surface area contributed by atoms with E-state index in [2.05, 4.69) is 30.9 Å². The Bertz CT molecular complexity index is 417. The SMILES string of the molecule is Cc1cc(C#N)ccc1N1CCC[C@H](C)C1. The highest BCUT2D eigenvalue weighted by Gasteiger charge is 2.17. The number of nitriles is 1. The van der Waals surface area contributed by atoms with E-state index in [1.807, 2.05) is 12.1 Å². The van der Waals surface area contributed by atoms with Crippen LogP contribution in [0.5, 0.6) is 0 Å². The van der Waals surface area contributed by atoms with Crippen molar-refractivity contribution in [2.24, 2.45) is 5.92 Å². The van der Waals surface area contributed by atoms with Gasteiger partial charge in [0.25, 0.3) is 0 Å². The van der Waals surface area contributed by atoms with Crippen LogP contribution in [0.15, 0.2) is 18.2 Å². The number of benzene rings is 1. The molecule has 1 heterocycles. The van der Waals surface area contributed by atoms with Gasteiger partial charge in [-0.2, -0.15) is 5.26 Å². The van der Waals surface area contributed by atoms with Gasteiger partial charge in [-0.1, -0.05) is 6.92 Å². The Kier molecular flexibility index (Phi) is 3.14. The van der Waals surface area contributed by atoms with Crippen molar-refractivity contribution in [3.63, 3.8) is 0 Å². The van der Waals surface area contributed by atoms with Gasteiger partial charge in [-0.15, -0.1) is 0 Å². The Morgan fingerprint density at radius 2 is 2.25 bits per heavy atom. The van der Waals surface area contributed by atoms with Crippen molar-refractivity contribution in [2.45, 2.75) is 26.7 Å². The predicted molar refractivity (Wildman–Crippen MR) is 66.5 cm³/mol. The second-order valence-corrected chi connectivity index (χ2v) is 4.81. The van der Waals surface area contributed by atoms with Crippen LogP contribution in [0.1, 0.15) is 30.9 Å². The molecule has 2 heteroatoms. The maximum absolute atomic E-state index is 8.84. The molecule has 0 saturated carbocycles. The Morgan fingerprint density at radius 1 is 1.44 bits per heavy atom. The van der Waals surface area contributed by atoms with Crippen LogP contribution in [0, 0.1) is 24.2 Å². The van der Waals surface area contributed by atoms with Crippen molar-refractivity contribution >= 4 is 5.69 Å². The molecule has 1 atom stereocenters. The molecule has 1 fully saturated rings. The molecule has 16 heavy (non-hydrogen) atoms. The number of nitrogens with zero attached hydrogens (tertiary/aromatic N) is 2. The molecule has 0 radical (unpaired) electrons. The first kappa shape index (κ1) is 11.0. The minimum atomic E-state index is 0.756. The zero-order valence-corrected chi connectivity index (χ0v) is 10.0. The summed E-state index contributed by atoms with van der Waals surface area (Å²) in [7, 11) is 0. The van der Waals surface area contributed by atoms with Gasteiger partial charge in [0.05, 0.1) is 11.6 Å². The summed E-state index contributed by atoms with van der Waals surface area (Å²) in [5.74, 6) is 0.781. The molecule has 0 aromatic heterocycles. The highest BCUT2D eigenvalue weighted by molar-refractivity contribution is 5.56. The molecule has 1 aliphatic heterocycles. The zero-order valence-electron chi connectivity index (χ0n) is 10.0. The van der Waals surface area contributed by atoms with E-state index in [0.717, 1.165) is 24.6 Å². The van der Waals surface area contributed by atoms with Crippen molar-refractivity contribution in [1.29, 1.82) is 5.26 Å². The molecule has 2 nitrogen and oxygen atoms in total. The summed E-state index contributed by atoms with van der Waals surface area (Å²) >= 11 is 0. The fourth-order valence-electron chi connectivity index (χ4n) is 2.49. The second-order valence-electron chi connectivity index (χ2n) is 4.81. The third kappa shape index (κ3) is 2.19. The number of hydrogen-bond acceptors (Lipinski definition) is 2. The van der Waals surface area contributed by atoms with Gasteiger partial charge in [0.1, 0.15) is 0 Å². The maximum atomic E-state index is 8.84. The molecule has 0 N–H and O–H groups in total. The van der Waals surface area contributed by atoms with E-state index in [4.69, 9.17) is 5.26 Å². The largest absolute Gasteiger partial charge is 0.371 e. The van der Waals surface area contributed by atoms with Gasteiger partial charge < -0.3 is 4.90 Å². The lowest BCUT2D eigenvalue weighted by molar-refractivity contribution is 0.446. The van der Waals surface area contributed by atoms with Crippen LogP contribution in [0.2, 0.25) is 0 Å². The summed E-state index contributed by atoms with van der Waals surface area (Å²) < 4.78 is 0. The zero-order chi connectivity index (χ0) is 11.5. The van der Waals surface area contributed by atoms with Crippen LogP contribution in [0.4, 0.5) is 5.69 Å². The molecule has 1 aliphatic rings. The molecule has 0 aliphatic carbocycles. The molecule has 1 aromatic carbocycles. The average Bonchev–Trinajstić information content (AvgIpc) is 2.28. The first-order valence-electron chi connectivity index (χ1n) is 5.96. The van der Waals surface area contributed by atoms with E-state index < -0.39 is 0 Å². The van der Waals surface area contributed by atoms with Gasteiger partial charge in [0, 0.05) is 18.8 Å². The summed E-state index contributed by atoms with van der Waals surface area (Å²) in [6, 6.07) is 8.18. The molecule has 0 amide bonds. The third-order valence-electron chi connectivity index (χ3n) is 3.32. The highest BCUT2D eigenvalue weighted by Crippen LogP contribution is 2.26. The lowest BCUT2D eigenvalue weighted by Crippen LogP contribution is -2.34. The van der Waals surface area contributed by atoms with E-state index in [0.29, 0.717) is 0 Å². The summed E-state index contributed by atoms with van der Waals surface area (Å²) in [5, 5.41) is 8.84. The quantitative estimate of drug-likeness (QED) is 0.718. The second kappa shape index (κ2) is 4.57. The number of aryl methyl sites for hydroxylation is 1. The molecular formula is C14H18N2. The van der Waals surface area contributed by atoms with Gasteiger partial charge in [-0.05, 0) is 49.4 Å². The normalized spacial score (nSPS) is 20.6. The predicted octanol–water partition coefficient (Wildman–Crippen LogP) is 3.10. The van der Waals surface area contributed by atoms with Crippen LogP contribution >= 0.6 is 0 Å². The van der Waals surface area contributed by atoms with E-state index in [1.54, 1.807) is 0 Å². The van der Waals surface area contributed by atoms with Crippen molar-refractivity contribution in [1.82, 2.24) is 0 Å². The summed E-state index contributed by atoms with van der Waals surface area (Å²) in [6.07, 6.45) is 2.62. The first-order chi connectivity index (χ1) is 7.70. The Morgan fingerprint density at radius 3 is 2.88 bits per heavy atom. The van der Waals surface area contributed by atoms with Crippen molar-refractivity contribution in [3.05, 3.63) is 29.3 Å². The van der Waals surface area contributed by atoms with Crippen molar-refractivity contribution in [2.75, 3.05) is 18.0 Å². The monoisotopic (exact) mass is 214 g/mol. The van der Waals surface area contributed by atoms with E-state index >= 15 is 0 Å². The number of hydrogen-bond donors (Lipinski definition) is 0.